The van der Waals surface area contributed by atoms with E-state index in [9.17, 15) is 4.79 Å². The first kappa shape index (κ1) is 16.3. The van der Waals surface area contributed by atoms with E-state index in [0.717, 1.165) is 11.1 Å². The predicted molar refractivity (Wildman–Crippen MR) is 98.2 cm³/mol. The van der Waals surface area contributed by atoms with Crippen LogP contribution in [0.3, 0.4) is 0 Å². The van der Waals surface area contributed by atoms with Crippen LogP contribution in [-0.4, -0.2) is 55.3 Å². The zero-order chi connectivity index (χ0) is 16.8. The fraction of sp³-hybridized carbons (Fsp3) is 0.250. The average molecular weight is 319 g/mol. The lowest BCUT2D eigenvalue weighted by Crippen LogP contribution is -2.49. The van der Waals surface area contributed by atoms with Crippen LogP contribution in [0.4, 0.5) is 0 Å². The lowest BCUT2D eigenvalue weighted by atomic mass is 10.0. The molecule has 1 heterocycles. The van der Waals surface area contributed by atoms with Crippen LogP contribution in [-0.2, 0) is 4.79 Å². The van der Waals surface area contributed by atoms with Crippen molar-refractivity contribution in [2.24, 2.45) is 9.98 Å². The Morgan fingerprint density at radius 2 is 1.25 bits per heavy atom. The molecule has 0 aromatic heterocycles. The number of hydrogen-bond donors (Lipinski definition) is 0. The van der Waals surface area contributed by atoms with Gasteiger partial charge in [-0.05, 0) is 18.2 Å². The van der Waals surface area contributed by atoms with Gasteiger partial charge in [0, 0.05) is 25.5 Å². The van der Waals surface area contributed by atoms with E-state index in [0.29, 0.717) is 13.1 Å². The molecule has 3 rings (SSSR count). The molecule has 2 aromatic rings. The van der Waals surface area contributed by atoms with Crippen molar-refractivity contribution in [3.8, 4) is 0 Å². The third-order valence-corrected chi connectivity index (χ3v) is 4.03. The molecule has 1 fully saturated rings. The Hall–Kier alpha value is -2.59. The van der Waals surface area contributed by atoms with Crippen LogP contribution in [0, 0.1) is 0 Å². The third-order valence-electron chi connectivity index (χ3n) is 4.03. The van der Waals surface area contributed by atoms with Crippen LogP contribution in [0.5, 0.6) is 0 Å². The quantitative estimate of drug-likeness (QED) is 0.813. The van der Waals surface area contributed by atoms with Crippen LogP contribution in [0.1, 0.15) is 11.1 Å². The van der Waals surface area contributed by atoms with Gasteiger partial charge in [-0.1, -0.05) is 60.7 Å². The second-order valence-electron chi connectivity index (χ2n) is 6.03. The molecule has 2 atom stereocenters. The Bertz CT molecular complexity index is 664. The number of Topliss-reactive ketones (excluding diaryl/α,β-unsaturated/α-hetero) is 1. The summed E-state index contributed by atoms with van der Waals surface area (Å²) in [6.07, 6.45) is 3.55. The van der Waals surface area contributed by atoms with Gasteiger partial charge in [-0.2, -0.15) is 0 Å². The van der Waals surface area contributed by atoms with Gasteiger partial charge in [-0.3, -0.25) is 14.8 Å². The SMILES string of the molecule is CN1CC(N=Cc2ccccc2)C(=O)C(N=Cc2ccccc2)C1. The minimum Gasteiger partial charge on any atom is -0.301 e. The van der Waals surface area contributed by atoms with E-state index in [2.05, 4.69) is 14.9 Å². The van der Waals surface area contributed by atoms with Crippen LogP contribution < -0.4 is 0 Å². The number of hydrogen-bond acceptors (Lipinski definition) is 4. The highest BCUT2D eigenvalue weighted by Gasteiger charge is 2.32. The predicted octanol–water partition coefficient (Wildman–Crippen LogP) is 2.48. The summed E-state index contributed by atoms with van der Waals surface area (Å²) in [4.78, 5) is 23.8. The van der Waals surface area contributed by atoms with Crippen LogP contribution in [0.25, 0.3) is 0 Å². The molecule has 0 aliphatic carbocycles. The Morgan fingerprint density at radius 1 is 0.833 bits per heavy atom. The molecular formula is C20H21N3O. The highest BCUT2D eigenvalue weighted by Crippen LogP contribution is 2.12. The number of likely N-dealkylation sites (tertiary alicyclic amines) is 1. The van der Waals surface area contributed by atoms with Gasteiger partial charge in [0.25, 0.3) is 0 Å². The summed E-state index contributed by atoms with van der Waals surface area (Å²) in [6.45, 7) is 1.28. The van der Waals surface area contributed by atoms with Gasteiger partial charge in [0.2, 0.25) is 0 Å². The number of benzene rings is 2. The molecule has 2 aromatic carbocycles. The minimum absolute atomic E-state index is 0.0902. The second kappa shape index (κ2) is 7.79. The maximum atomic E-state index is 12.7. The standard InChI is InChI=1S/C20H21N3O/c1-23-14-18(21-12-16-8-4-2-5-9-16)20(24)19(15-23)22-13-17-10-6-3-7-11-17/h2-13,18-19H,14-15H2,1H3. The molecule has 4 heteroatoms. The van der Waals surface area contributed by atoms with Crippen molar-refractivity contribution < 1.29 is 4.79 Å². The molecule has 122 valence electrons. The van der Waals surface area contributed by atoms with Crippen molar-refractivity contribution in [3.05, 3.63) is 71.8 Å². The maximum absolute atomic E-state index is 12.7. The van der Waals surface area contributed by atoms with E-state index in [1.54, 1.807) is 12.4 Å². The lowest BCUT2D eigenvalue weighted by Gasteiger charge is -2.30. The topological polar surface area (TPSA) is 45.0 Å². The molecule has 0 bridgehead atoms. The van der Waals surface area contributed by atoms with Crippen molar-refractivity contribution in [1.82, 2.24) is 4.90 Å². The lowest BCUT2D eigenvalue weighted by molar-refractivity contribution is -0.124. The van der Waals surface area contributed by atoms with Crippen molar-refractivity contribution in [2.75, 3.05) is 20.1 Å². The molecule has 0 amide bonds. The fourth-order valence-electron chi connectivity index (χ4n) is 2.74. The van der Waals surface area contributed by atoms with Gasteiger partial charge in [0.15, 0.2) is 5.78 Å². The number of likely N-dealkylation sites (N-methyl/N-ethyl adjacent to an activating group) is 1. The molecule has 24 heavy (non-hydrogen) atoms. The Morgan fingerprint density at radius 3 is 1.67 bits per heavy atom. The Balaban J connectivity index is 1.71. The van der Waals surface area contributed by atoms with Gasteiger partial charge in [0.05, 0.1) is 0 Å². The van der Waals surface area contributed by atoms with Crippen molar-refractivity contribution in [2.45, 2.75) is 12.1 Å². The first-order valence-electron chi connectivity index (χ1n) is 8.11. The van der Waals surface area contributed by atoms with E-state index in [-0.39, 0.29) is 17.9 Å². The highest BCUT2D eigenvalue weighted by atomic mass is 16.1. The summed E-state index contributed by atoms with van der Waals surface area (Å²) < 4.78 is 0. The van der Waals surface area contributed by atoms with Crippen LogP contribution in [0.2, 0.25) is 0 Å². The summed E-state index contributed by atoms with van der Waals surface area (Å²) in [7, 11) is 2.00. The average Bonchev–Trinajstić information content (AvgIpc) is 2.62. The van der Waals surface area contributed by atoms with Crippen LogP contribution >= 0.6 is 0 Å². The molecule has 1 saturated heterocycles. The van der Waals surface area contributed by atoms with Gasteiger partial charge < -0.3 is 4.90 Å². The van der Waals surface area contributed by atoms with E-state index in [1.807, 2.05) is 67.7 Å². The third kappa shape index (κ3) is 4.24. The number of piperidine rings is 1. The van der Waals surface area contributed by atoms with Gasteiger partial charge in [-0.25, -0.2) is 0 Å². The number of nitrogens with zero attached hydrogens (tertiary/aromatic N) is 3. The summed E-state index contributed by atoms with van der Waals surface area (Å²) in [5.74, 6) is 0.0902. The van der Waals surface area contributed by atoms with Gasteiger partial charge in [-0.15, -0.1) is 0 Å². The zero-order valence-corrected chi connectivity index (χ0v) is 13.7. The van der Waals surface area contributed by atoms with Crippen molar-refractivity contribution in [1.29, 1.82) is 0 Å². The second-order valence-corrected chi connectivity index (χ2v) is 6.03. The Kier molecular flexibility index (Phi) is 5.29. The molecule has 1 aliphatic rings. The van der Waals surface area contributed by atoms with Crippen LogP contribution in [0.15, 0.2) is 70.6 Å². The molecular weight excluding hydrogens is 298 g/mol. The van der Waals surface area contributed by atoms with Gasteiger partial charge in [0.1, 0.15) is 12.1 Å². The zero-order valence-electron chi connectivity index (χ0n) is 13.7. The van der Waals surface area contributed by atoms with E-state index in [1.165, 1.54) is 0 Å². The molecule has 0 spiro atoms. The smallest absolute Gasteiger partial charge is 0.184 e. The van der Waals surface area contributed by atoms with E-state index >= 15 is 0 Å². The van der Waals surface area contributed by atoms with Gasteiger partial charge >= 0.3 is 0 Å². The minimum atomic E-state index is -0.359. The number of carbonyl (C=O) groups is 1. The van der Waals surface area contributed by atoms with Crippen molar-refractivity contribution in [3.63, 3.8) is 0 Å². The fourth-order valence-corrected chi connectivity index (χ4v) is 2.74. The summed E-state index contributed by atoms with van der Waals surface area (Å²) in [5, 5.41) is 0. The molecule has 0 N–H and O–H groups in total. The molecule has 0 saturated carbocycles. The van der Waals surface area contributed by atoms with E-state index < -0.39 is 0 Å². The molecule has 2 unspecified atom stereocenters. The molecule has 1 aliphatic heterocycles. The normalized spacial score (nSPS) is 22.5. The maximum Gasteiger partial charge on any atom is 0.184 e. The monoisotopic (exact) mass is 319 g/mol. The number of rotatable bonds is 4. The Labute approximate surface area is 142 Å². The summed E-state index contributed by atoms with van der Waals surface area (Å²) in [6, 6.07) is 19.0. The largest absolute Gasteiger partial charge is 0.301 e. The highest BCUT2D eigenvalue weighted by molar-refractivity contribution is 5.94. The summed E-state index contributed by atoms with van der Waals surface area (Å²) >= 11 is 0. The molecule has 4 nitrogen and oxygen atoms in total. The molecule has 0 radical (unpaired) electrons. The first-order chi connectivity index (χ1) is 11.7. The number of ketones is 1. The number of carbonyl (C=O) groups excluding carboxylic acids is 1. The van der Waals surface area contributed by atoms with E-state index in [4.69, 9.17) is 0 Å². The first-order valence-corrected chi connectivity index (χ1v) is 8.11. The number of aliphatic imine (C=N–C) groups is 2. The van der Waals surface area contributed by atoms with Crippen molar-refractivity contribution >= 4 is 18.2 Å². The summed E-state index contributed by atoms with van der Waals surface area (Å²) in [5.41, 5.74) is 2.01.